The van der Waals surface area contributed by atoms with Crippen molar-refractivity contribution in [3.63, 3.8) is 0 Å². The van der Waals surface area contributed by atoms with Crippen molar-refractivity contribution in [1.29, 1.82) is 0 Å². The Bertz CT molecular complexity index is 611. The summed E-state index contributed by atoms with van der Waals surface area (Å²) in [7, 11) is -1.71. The molecule has 1 aliphatic heterocycles. The summed E-state index contributed by atoms with van der Waals surface area (Å²) < 4.78 is 5.22. The number of benzene rings is 1. The van der Waals surface area contributed by atoms with Gasteiger partial charge in [0.15, 0.2) is 0 Å². The van der Waals surface area contributed by atoms with Gasteiger partial charge in [-0.1, -0.05) is 36.9 Å². The predicted molar refractivity (Wildman–Crippen MR) is 98.2 cm³/mol. The highest BCUT2D eigenvalue weighted by molar-refractivity contribution is 6.43. The molecule has 140 valence electrons. The molecule has 0 aliphatic carbocycles. The van der Waals surface area contributed by atoms with E-state index in [4.69, 9.17) is 4.74 Å². The maximum atomic E-state index is 12.1. The summed E-state index contributed by atoms with van der Waals surface area (Å²) in [6, 6.07) is 9.01. The first-order valence-electron chi connectivity index (χ1n) is 8.77. The smallest absolute Gasteiger partial charge is 0.447 e. The Hall–Kier alpha value is -2.32. The highest BCUT2D eigenvalue weighted by atomic mass is 16.5. The van der Waals surface area contributed by atoms with E-state index in [1.165, 1.54) is 6.08 Å². The van der Waals surface area contributed by atoms with Gasteiger partial charge in [-0.15, -0.1) is 0 Å². The topological polar surface area (TPSA) is 99.1 Å². The SMILES string of the molecule is C=CC(=O)N1CCCC[C@H]1COC(=O)NC(Cc1ccccc1)B(O)O. The van der Waals surface area contributed by atoms with E-state index in [2.05, 4.69) is 11.9 Å². The molecule has 1 heterocycles. The number of nitrogens with zero attached hydrogens (tertiary/aromatic N) is 1. The first-order chi connectivity index (χ1) is 12.5. The summed E-state index contributed by atoms with van der Waals surface area (Å²) in [5.41, 5.74) is 0.862. The van der Waals surface area contributed by atoms with Crippen molar-refractivity contribution in [2.75, 3.05) is 13.2 Å². The molecular formula is C18H25BN2O5. The van der Waals surface area contributed by atoms with E-state index in [9.17, 15) is 19.6 Å². The Morgan fingerprint density at radius 3 is 2.73 bits per heavy atom. The van der Waals surface area contributed by atoms with Crippen molar-refractivity contribution >= 4 is 19.1 Å². The monoisotopic (exact) mass is 360 g/mol. The van der Waals surface area contributed by atoms with Gasteiger partial charge in [0, 0.05) is 6.54 Å². The number of carbonyl (C=O) groups is 2. The average molecular weight is 360 g/mol. The van der Waals surface area contributed by atoms with Gasteiger partial charge in [-0.2, -0.15) is 0 Å². The summed E-state index contributed by atoms with van der Waals surface area (Å²) >= 11 is 0. The number of amides is 2. The second kappa shape index (κ2) is 9.99. The largest absolute Gasteiger partial charge is 0.475 e. The maximum absolute atomic E-state index is 12.1. The van der Waals surface area contributed by atoms with Crippen LogP contribution in [0.3, 0.4) is 0 Å². The Morgan fingerprint density at radius 2 is 2.08 bits per heavy atom. The van der Waals surface area contributed by atoms with Gasteiger partial charge >= 0.3 is 13.2 Å². The average Bonchev–Trinajstić information content (AvgIpc) is 2.66. The van der Waals surface area contributed by atoms with E-state index in [1.807, 2.05) is 30.3 Å². The third kappa shape index (κ3) is 5.89. The van der Waals surface area contributed by atoms with Crippen LogP contribution in [0.4, 0.5) is 4.79 Å². The Morgan fingerprint density at radius 1 is 1.35 bits per heavy atom. The Kier molecular flexibility index (Phi) is 7.68. The third-order valence-electron chi connectivity index (χ3n) is 4.45. The van der Waals surface area contributed by atoms with Gasteiger partial charge in [0.1, 0.15) is 6.61 Å². The highest BCUT2D eigenvalue weighted by Gasteiger charge is 2.29. The summed E-state index contributed by atoms with van der Waals surface area (Å²) in [5.74, 6) is -1.06. The van der Waals surface area contributed by atoms with Crippen LogP contribution in [0, 0.1) is 0 Å². The van der Waals surface area contributed by atoms with Crippen LogP contribution in [0.25, 0.3) is 0 Å². The lowest BCUT2D eigenvalue weighted by Crippen LogP contribution is -2.50. The predicted octanol–water partition coefficient (Wildman–Crippen LogP) is 0.903. The van der Waals surface area contributed by atoms with Crippen LogP contribution in [0.15, 0.2) is 43.0 Å². The van der Waals surface area contributed by atoms with Crippen molar-refractivity contribution in [2.45, 2.75) is 37.7 Å². The normalized spacial score (nSPS) is 17.9. The first kappa shape index (κ1) is 20.0. The molecular weight excluding hydrogens is 335 g/mol. The zero-order valence-electron chi connectivity index (χ0n) is 14.7. The number of nitrogens with one attached hydrogen (secondary N) is 1. The van der Waals surface area contributed by atoms with Crippen LogP contribution in [0.5, 0.6) is 0 Å². The molecule has 1 fully saturated rings. The minimum atomic E-state index is -1.71. The molecule has 0 spiro atoms. The molecule has 1 saturated heterocycles. The van der Waals surface area contributed by atoms with Gasteiger partial charge in [0.2, 0.25) is 5.91 Å². The molecule has 2 amide bonds. The molecule has 7 nitrogen and oxygen atoms in total. The van der Waals surface area contributed by atoms with E-state index in [0.29, 0.717) is 6.54 Å². The molecule has 0 bridgehead atoms. The highest BCUT2D eigenvalue weighted by Crippen LogP contribution is 2.17. The van der Waals surface area contributed by atoms with Crippen molar-refractivity contribution in [3.05, 3.63) is 48.6 Å². The number of hydrogen-bond acceptors (Lipinski definition) is 5. The molecule has 1 unspecified atom stereocenters. The van der Waals surface area contributed by atoms with E-state index >= 15 is 0 Å². The fourth-order valence-electron chi connectivity index (χ4n) is 3.05. The van der Waals surface area contributed by atoms with Crippen LogP contribution in [0.2, 0.25) is 0 Å². The van der Waals surface area contributed by atoms with Crippen molar-refractivity contribution in [1.82, 2.24) is 10.2 Å². The molecule has 1 aromatic carbocycles. The second-order valence-corrected chi connectivity index (χ2v) is 6.34. The Labute approximate surface area is 153 Å². The molecule has 0 aromatic heterocycles. The molecule has 8 heteroatoms. The van der Waals surface area contributed by atoms with E-state index in [1.54, 1.807) is 4.90 Å². The van der Waals surface area contributed by atoms with Crippen LogP contribution in [-0.4, -0.2) is 59.2 Å². The minimum absolute atomic E-state index is 0.0605. The van der Waals surface area contributed by atoms with Gasteiger partial charge < -0.3 is 25.0 Å². The lowest BCUT2D eigenvalue weighted by Gasteiger charge is -2.34. The lowest BCUT2D eigenvalue weighted by molar-refractivity contribution is -0.130. The standard InChI is InChI=1S/C18H25BN2O5/c1-2-17(22)21-11-7-6-10-15(21)13-26-18(23)20-16(19(24)25)12-14-8-4-3-5-9-14/h2-5,8-9,15-16,24-25H,1,6-7,10-13H2,(H,20,23)/t15-,16?/m0/s1. The fourth-order valence-corrected chi connectivity index (χ4v) is 3.05. The van der Waals surface area contributed by atoms with E-state index < -0.39 is 19.2 Å². The first-order valence-corrected chi connectivity index (χ1v) is 8.77. The molecule has 1 aromatic rings. The van der Waals surface area contributed by atoms with Crippen LogP contribution < -0.4 is 5.32 Å². The number of alkyl carbamates (subject to hydrolysis) is 1. The third-order valence-corrected chi connectivity index (χ3v) is 4.45. The second-order valence-electron chi connectivity index (χ2n) is 6.34. The van der Waals surface area contributed by atoms with E-state index in [-0.39, 0.29) is 25.0 Å². The van der Waals surface area contributed by atoms with Gasteiger partial charge in [-0.3, -0.25) is 4.79 Å². The summed E-state index contributed by atoms with van der Waals surface area (Å²) in [5, 5.41) is 21.5. The summed E-state index contributed by atoms with van der Waals surface area (Å²) in [4.78, 5) is 25.6. The van der Waals surface area contributed by atoms with Crippen molar-refractivity contribution in [2.24, 2.45) is 0 Å². The van der Waals surface area contributed by atoms with Crippen molar-refractivity contribution < 1.29 is 24.4 Å². The number of likely N-dealkylation sites (tertiary alicyclic amines) is 1. The number of rotatable bonds is 7. The van der Waals surface area contributed by atoms with Gasteiger partial charge in [-0.05, 0) is 37.3 Å². The molecule has 26 heavy (non-hydrogen) atoms. The van der Waals surface area contributed by atoms with Crippen LogP contribution in [-0.2, 0) is 16.0 Å². The zero-order valence-corrected chi connectivity index (χ0v) is 14.7. The van der Waals surface area contributed by atoms with Crippen LogP contribution >= 0.6 is 0 Å². The van der Waals surface area contributed by atoms with Crippen molar-refractivity contribution in [3.8, 4) is 0 Å². The van der Waals surface area contributed by atoms with Gasteiger partial charge in [0.05, 0.1) is 12.0 Å². The van der Waals surface area contributed by atoms with E-state index in [0.717, 1.165) is 24.8 Å². The fraction of sp³-hybridized carbons (Fsp3) is 0.444. The quantitative estimate of drug-likeness (QED) is 0.496. The molecule has 3 N–H and O–H groups in total. The zero-order chi connectivity index (χ0) is 18.9. The summed E-state index contributed by atoms with van der Waals surface area (Å²) in [6.07, 6.45) is 3.41. The molecule has 2 atom stereocenters. The molecule has 0 saturated carbocycles. The van der Waals surface area contributed by atoms with Gasteiger partial charge in [0.25, 0.3) is 0 Å². The maximum Gasteiger partial charge on any atom is 0.475 e. The number of ether oxygens (including phenoxy) is 1. The molecule has 2 rings (SSSR count). The number of carbonyl (C=O) groups excluding carboxylic acids is 2. The molecule has 1 aliphatic rings. The molecule has 0 radical (unpaired) electrons. The number of piperidine rings is 1. The lowest BCUT2D eigenvalue weighted by atomic mass is 9.76. The summed E-state index contributed by atoms with van der Waals surface area (Å²) in [6.45, 7) is 4.18. The minimum Gasteiger partial charge on any atom is -0.447 e. The Balaban J connectivity index is 1.87. The number of hydrogen-bond donors (Lipinski definition) is 3. The van der Waals surface area contributed by atoms with Gasteiger partial charge in [-0.25, -0.2) is 4.79 Å². The van der Waals surface area contributed by atoms with Crippen LogP contribution in [0.1, 0.15) is 24.8 Å².